The van der Waals surface area contributed by atoms with Crippen molar-refractivity contribution in [2.45, 2.75) is 13.5 Å². The topological polar surface area (TPSA) is 33.1 Å². The molecule has 2 aromatic rings. The van der Waals surface area contributed by atoms with E-state index in [1.165, 1.54) is 5.69 Å². The Bertz CT molecular complexity index is 575. The molecule has 1 N–H and O–H groups in total. The number of nitrogens with zero attached hydrogens (tertiary/aromatic N) is 3. The highest BCUT2D eigenvalue weighted by atomic mass is 79.9. The largest absolute Gasteiger partial charge is 0.378 e. The van der Waals surface area contributed by atoms with Crippen LogP contribution in [0.1, 0.15) is 11.4 Å². The molecule has 0 amide bonds. The van der Waals surface area contributed by atoms with Crippen molar-refractivity contribution in [1.29, 1.82) is 0 Å². The molecule has 19 heavy (non-hydrogen) atoms. The maximum Gasteiger partial charge on any atom is 0.0739 e. The second kappa shape index (κ2) is 5.65. The Kier molecular flexibility index (Phi) is 4.14. The van der Waals surface area contributed by atoms with Gasteiger partial charge in [0.25, 0.3) is 0 Å². The molecule has 4 nitrogen and oxygen atoms in total. The molecule has 1 aromatic heterocycles. The molecule has 0 atom stereocenters. The van der Waals surface area contributed by atoms with Crippen LogP contribution in [0.15, 0.2) is 28.7 Å². The average Bonchev–Trinajstić information content (AvgIpc) is 2.61. The van der Waals surface area contributed by atoms with Gasteiger partial charge in [0, 0.05) is 21.1 Å². The maximum absolute atomic E-state index is 4.40. The average molecular weight is 323 g/mol. The molecule has 0 aliphatic heterocycles. The fraction of sp³-hybridized carbons (Fsp3) is 0.357. The third-order valence-corrected chi connectivity index (χ3v) is 4.13. The number of rotatable bonds is 4. The maximum atomic E-state index is 4.40. The first kappa shape index (κ1) is 13.9. The first-order chi connectivity index (χ1) is 9.00. The van der Waals surface area contributed by atoms with Gasteiger partial charge in [-0.3, -0.25) is 4.68 Å². The Morgan fingerprint density at radius 1 is 1.32 bits per heavy atom. The van der Waals surface area contributed by atoms with Crippen molar-refractivity contribution in [2.24, 2.45) is 7.05 Å². The Morgan fingerprint density at radius 3 is 2.58 bits per heavy atom. The number of hydrogen-bond donors (Lipinski definition) is 1. The van der Waals surface area contributed by atoms with Gasteiger partial charge in [-0.2, -0.15) is 5.10 Å². The van der Waals surface area contributed by atoms with E-state index in [4.69, 9.17) is 0 Å². The lowest BCUT2D eigenvalue weighted by molar-refractivity contribution is 0.712. The second-order valence-electron chi connectivity index (χ2n) is 4.73. The van der Waals surface area contributed by atoms with E-state index < -0.39 is 0 Å². The molecular weight excluding hydrogens is 304 g/mol. The minimum atomic E-state index is 0.739. The van der Waals surface area contributed by atoms with Crippen molar-refractivity contribution in [3.63, 3.8) is 0 Å². The third-order valence-electron chi connectivity index (χ3n) is 3.09. The molecule has 0 saturated heterocycles. The van der Waals surface area contributed by atoms with Crippen LogP contribution in [0, 0.1) is 6.92 Å². The van der Waals surface area contributed by atoms with Crippen LogP contribution in [0.2, 0.25) is 0 Å². The number of para-hydroxylation sites is 2. The molecule has 102 valence electrons. The summed E-state index contributed by atoms with van der Waals surface area (Å²) >= 11 is 3.59. The molecule has 1 aromatic carbocycles. The zero-order valence-electron chi connectivity index (χ0n) is 11.7. The van der Waals surface area contributed by atoms with Gasteiger partial charge in [-0.05, 0) is 35.0 Å². The molecule has 0 spiro atoms. The molecule has 0 radical (unpaired) electrons. The molecule has 1 heterocycles. The van der Waals surface area contributed by atoms with E-state index in [1.54, 1.807) is 0 Å². The van der Waals surface area contributed by atoms with Crippen LogP contribution >= 0.6 is 15.9 Å². The van der Waals surface area contributed by atoms with Gasteiger partial charge < -0.3 is 10.2 Å². The summed E-state index contributed by atoms with van der Waals surface area (Å²) in [6.45, 7) is 2.74. The van der Waals surface area contributed by atoms with Crippen molar-refractivity contribution < 1.29 is 0 Å². The minimum Gasteiger partial charge on any atom is -0.378 e. The minimum absolute atomic E-state index is 0.739. The smallest absolute Gasteiger partial charge is 0.0739 e. The number of halogens is 1. The van der Waals surface area contributed by atoms with Gasteiger partial charge in [0.05, 0.1) is 33.8 Å². The van der Waals surface area contributed by atoms with Crippen LogP contribution in [0.5, 0.6) is 0 Å². The fourth-order valence-electron chi connectivity index (χ4n) is 2.06. The van der Waals surface area contributed by atoms with Gasteiger partial charge >= 0.3 is 0 Å². The predicted octanol–water partition coefficient (Wildman–Crippen LogP) is 3.17. The number of benzene rings is 1. The van der Waals surface area contributed by atoms with Crippen LogP contribution in [0.3, 0.4) is 0 Å². The van der Waals surface area contributed by atoms with Crippen molar-refractivity contribution >= 4 is 27.3 Å². The highest BCUT2D eigenvalue weighted by Gasteiger charge is 2.11. The first-order valence-corrected chi connectivity index (χ1v) is 6.98. The number of aromatic nitrogens is 2. The van der Waals surface area contributed by atoms with Crippen molar-refractivity contribution in [3.8, 4) is 0 Å². The Balaban J connectivity index is 2.19. The zero-order chi connectivity index (χ0) is 14.0. The van der Waals surface area contributed by atoms with Crippen LogP contribution < -0.4 is 10.2 Å². The van der Waals surface area contributed by atoms with Crippen LogP contribution in [0.25, 0.3) is 0 Å². The SMILES string of the molecule is Cc1nn(C)c(CNc2ccccc2N(C)C)c1Br. The Labute approximate surface area is 122 Å². The van der Waals surface area contributed by atoms with E-state index in [9.17, 15) is 0 Å². The Morgan fingerprint density at radius 2 is 2.00 bits per heavy atom. The van der Waals surface area contributed by atoms with Gasteiger partial charge in [0.2, 0.25) is 0 Å². The summed E-state index contributed by atoms with van der Waals surface area (Å²) in [4.78, 5) is 2.10. The first-order valence-electron chi connectivity index (χ1n) is 6.19. The summed E-state index contributed by atoms with van der Waals surface area (Å²) in [7, 11) is 6.06. The number of hydrogen-bond acceptors (Lipinski definition) is 3. The fourth-order valence-corrected chi connectivity index (χ4v) is 2.54. The lowest BCUT2D eigenvalue weighted by Crippen LogP contribution is -2.13. The molecule has 0 saturated carbocycles. The van der Waals surface area contributed by atoms with Crippen molar-refractivity contribution in [2.75, 3.05) is 24.3 Å². The quantitative estimate of drug-likeness (QED) is 0.938. The molecule has 0 aliphatic rings. The summed E-state index contributed by atoms with van der Waals surface area (Å²) in [5.41, 5.74) is 4.46. The Hall–Kier alpha value is -1.49. The summed E-state index contributed by atoms with van der Waals surface area (Å²) in [6.07, 6.45) is 0. The molecular formula is C14H19BrN4. The van der Waals surface area contributed by atoms with E-state index in [0.717, 1.165) is 28.1 Å². The lowest BCUT2D eigenvalue weighted by atomic mass is 10.2. The molecule has 0 unspecified atom stereocenters. The lowest BCUT2D eigenvalue weighted by Gasteiger charge is -2.18. The van der Waals surface area contributed by atoms with Crippen LogP contribution in [0.4, 0.5) is 11.4 Å². The van der Waals surface area contributed by atoms with Gasteiger partial charge in [-0.1, -0.05) is 12.1 Å². The summed E-state index contributed by atoms with van der Waals surface area (Å²) in [6, 6.07) is 8.28. The third kappa shape index (κ3) is 2.92. The molecule has 2 rings (SSSR count). The molecule has 5 heteroatoms. The van der Waals surface area contributed by atoms with Crippen LogP contribution in [-0.4, -0.2) is 23.9 Å². The summed E-state index contributed by atoms with van der Waals surface area (Å²) < 4.78 is 2.98. The standard InChI is InChI=1S/C14H19BrN4/c1-10-14(15)13(19(4)17-10)9-16-11-7-5-6-8-12(11)18(2)3/h5-8,16H,9H2,1-4H3. The number of aryl methyl sites for hydroxylation is 2. The zero-order valence-corrected chi connectivity index (χ0v) is 13.3. The molecule has 0 aliphatic carbocycles. The molecule has 0 bridgehead atoms. The monoisotopic (exact) mass is 322 g/mol. The van der Waals surface area contributed by atoms with Gasteiger partial charge in [0.15, 0.2) is 0 Å². The number of nitrogens with one attached hydrogen (secondary N) is 1. The van der Waals surface area contributed by atoms with Crippen molar-refractivity contribution in [3.05, 3.63) is 40.1 Å². The highest BCUT2D eigenvalue weighted by Crippen LogP contribution is 2.26. The van der Waals surface area contributed by atoms with Gasteiger partial charge in [-0.25, -0.2) is 0 Å². The van der Waals surface area contributed by atoms with Crippen LogP contribution in [-0.2, 0) is 13.6 Å². The van der Waals surface area contributed by atoms with Gasteiger partial charge in [0.1, 0.15) is 0 Å². The predicted molar refractivity (Wildman–Crippen MR) is 83.7 cm³/mol. The van der Waals surface area contributed by atoms with E-state index in [0.29, 0.717) is 0 Å². The second-order valence-corrected chi connectivity index (χ2v) is 5.53. The van der Waals surface area contributed by atoms with Gasteiger partial charge in [-0.15, -0.1) is 0 Å². The highest BCUT2D eigenvalue weighted by molar-refractivity contribution is 9.10. The van der Waals surface area contributed by atoms with E-state index in [-0.39, 0.29) is 0 Å². The number of anilines is 2. The summed E-state index contributed by atoms with van der Waals surface area (Å²) in [5.74, 6) is 0. The normalized spacial score (nSPS) is 10.6. The van der Waals surface area contributed by atoms with E-state index >= 15 is 0 Å². The summed E-state index contributed by atoms with van der Waals surface area (Å²) in [5, 5.41) is 7.87. The van der Waals surface area contributed by atoms with E-state index in [1.807, 2.05) is 44.9 Å². The van der Waals surface area contributed by atoms with E-state index in [2.05, 4.69) is 43.4 Å². The molecule has 0 fully saturated rings. The van der Waals surface area contributed by atoms with Crippen molar-refractivity contribution in [1.82, 2.24) is 9.78 Å².